The van der Waals surface area contributed by atoms with Crippen LogP contribution in [-0.4, -0.2) is 95.9 Å². The second-order valence-electron chi connectivity index (χ2n) is 23.3. The standard InChI is InChI=1S/C71H126O16P2/c1-4-7-10-13-16-19-22-23-24-25-26-27-28-29-30-31-32-33-34-35-36-37-38-39-40-41-44-46-48-51-54-57-69(74)81-60-66(72)61-83-88(77,78)84-62-67(73)63-85-89(79,80)86-65-68(87-71(76)59-56-53-50-47-43-21-18-15-12-9-6-3)64-82-70(75)58-55-52-49-45-42-20-17-14-11-8-5-2/h7,10,14,16-17,19,23-24,26-27,29-30,32-33,66-68,72-73H,4-6,8-9,11-13,15,18,20-22,25,28,31,34-65H2,1-3H3,(H,77,78)(H,79,80)/b10-7-,17-14-,19-16-,24-23-,27-26-,30-29-,33-32-. The fraction of sp³-hybridized carbons (Fsp3) is 0.761. The number of ether oxygens (including phenoxy) is 3. The molecule has 18 heteroatoms. The number of carbonyl (C=O) groups is 3. The van der Waals surface area contributed by atoms with Gasteiger partial charge in [-0.05, 0) is 89.9 Å². The van der Waals surface area contributed by atoms with Gasteiger partial charge in [0.05, 0.1) is 26.4 Å². The van der Waals surface area contributed by atoms with Crippen molar-refractivity contribution in [1.29, 1.82) is 0 Å². The van der Waals surface area contributed by atoms with E-state index in [0.717, 1.165) is 128 Å². The molecule has 0 saturated heterocycles. The average Bonchev–Trinajstić information content (AvgIpc) is 3.66. The average molecular weight is 1300 g/mol. The monoisotopic (exact) mass is 1300 g/mol. The smallest absolute Gasteiger partial charge is 0.463 e. The van der Waals surface area contributed by atoms with Crippen LogP contribution in [0.25, 0.3) is 0 Å². The fourth-order valence-electron chi connectivity index (χ4n) is 9.26. The third-order valence-electron chi connectivity index (χ3n) is 14.6. The van der Waals surface area contributed by atoms with Crippen molar-refractivity contribution < 1.29 is 75.8 Å². The molecule has 0 aliphatic carbocycles. The Kier molecular flexibility index (Phi) is 62.4. The zero-order valence-electron chi connectivity index (χ0n) is 55.8. The molecule has 5 unspecified atom stereocenters. The van der Waals surface area contributed by atoms with Crippen LogP contribution in [0.1, 0.15) is 290 Å². The molecule has 0 amide bonds. The molecule has 5 atom stereocenters. The zero-order valence-corrected chi connectivity index (χ0v) is 57.6. The number of rotatable bonds is 66. The van der Waals surface area contributed by atoms with Crippen molar-refractivity contribution >= 4 is 33.6 Å². The first-order valence-electron chi connectivity index (χ1n) is 34.9. The van der Waals surface area contributed by atoms with E-state index in [2.05, 4.69) is 106 Å². The van der Waals surface area contributed by atoms with Crippen LogP contribution in [0.2, 0.25) is 0 Å². The summed E-state index contributed by atoms with van der Waals surface area (Å²) in [5, 5.41) is 20.5. The van der Waals surface area contributed by atoms with Gasteiger partial charge in [-0.1, -0.05) is 266 Å². The van der Waals surface area contributed by atoms with Crippen molar-refractivity contribution in [1.82, 2.24) is 0 Å². The fourth-order valence-corrected chi connectivity index (χ4v) is 10.8. The second kappa shape index (κ2) is 64.8. The maximum atomic E-state index is 12.8. The van der Waals surface area contributed by atoms with E-state index >= 15 is 0 Å². The third-order valence-corrected chi connectivity index (χ3v) is 16.5. The minimum atomic E-state index is -4.91. The maximum absolute atomic E-state index is 12.8. The molecule has 4 N–H and O–H groups in total. The Labute approximate surface area is 540 Å². The van der Waals surface area contributed by atoms with E-state index in [4.69, 9.17) is 32.3 Å². The Morgan fingerprint density at radius 1 is 0.326 bits per heavy atom. The number of carbonyl (C=O) groups excluding carboxylic acids is 3. The van der Waals surface area contributed by atoms with Crippen molar-refractivity contribution in [2.24, 2.45) is 0 Å². The van der Waals surface area contributed by atoms with Crippen molar-refractivity contribution in [3.63, 3.8) is 0 Å². The molecule has 0 aliphatic rings. The van der Waals surface area contributed by atoms with Gasteiger partial charge in [0.2, 0.25) is 0 Å². The van der Waals surface area contributed by atoms with Crippen LogP contribution in [0.3, 0.4) is 0 Å². The summed E-state index contributed by atoms with van der Waals surface area (Å²) in [7, 11) is -9.76. The lowest BCUT2D eigenvalue weighted by Gasteiger charge is -2.21. The highest BCUT2D eigenvalue weighted by Gasteiger charge is 2.29. The Hall–Kier alpha value is -3.27. The van der Waals surface area contributed by atoms with Crippen LogP contribution in [0, 0.1) is 0 Å². The first-order chi connectivity index (χ1) is 43.2. The number of unbranched alkanes of at least 4 members (excludes halogenated alkanes) is 29. The summed E-state index contributed by atoms with van der Waals surface area (Å²) >= 11 is 0. The predicted molar refractivity (Wildman–Crippen MR) is 362 cm³/mol. The van der Waals surface area contributed by atoms with Gasteiger partial charge in [0.15, 0.2) is 6.10 Å². The molecule has 0 fully saturated rings. The van der Waals surface area contributed by atoms with Gasteiger partial charge in [-0.3, -0.25) is 32.5 Å². The lowest BCUT2D eigenvalue weighted by atomic mass is 10.0. The minimum Gasteiger partial charge on any atom is -0.463 e. The molecule has 516 valence electrons. The Balaban J connectivity index is 4.32. The number of allylic oxidation sites excluding steroid dienone is 14. The predicted octanol–water partition coefficient (Wildman–Crippen LogP) is 19.3. The van der Waals surface area contributed by atoms with Gasteiger partial charge in [-0.2, -0.15) is 0 Å². The van der Waals surface area contributed by atoms with Crippen molar-refractivity contribution in [3.05, 3.63) is 85.1 Å². The van der Waals surface area contributed by atoms with E-state index in [1.807, 2.05) is 0 Å². The number of aliphatic hydroxyl groups excluding tert-OH is 2. The number of phosphoric acid groups is 2. The summed E-state index contributed by atoms with van der Waals surface area (Å²) in [4.78, 5) is 58.1. The molecule has 0 bridgehead atoms. The van der Waals surface area contributed by atoms with E-state index in [1.165, 1.54) is 103 Å². The van der Waals surface area contributed by atoms with Gasteiger partial charge >= 0.3 is 33.6 Å². The Morgan fingerprint density at radius 3 is 0.989 bits per heavy atom. The highest BCUT2D eigenvalue weighted by molar-refractivity contribution is 7.47. The molecule has 0 aromatic heterocycles. The molecular weight excluding hydrogens is 1170 g/mol. The molecule has 0 aromatic carbocycles. The van der Waals surface area contributed by atoms with Gasteiger partial charge < -0.3 is 34.2 Å². The largest absolute Gasteiger partial charge is 0.472 e. The summed E-state index contributed by atoms with van der Waals surface area (Å²) in [6.07, 6.45) is 69.6. The van der Waals surface area contributed by atoms with E-state index < -0.39 is 91.5 Å². The molecule has 0 aromatic rings. The molecule has 0 aliphatic heterocycles. The SMILES string of the molecule is CC/C=C\C/C=C\C/C=C\C/C=C\C/C=C\C/C=C\CCCCCCCCCCCCCCC(=O)OCC(O)COP(=O)(O)OCC(O)COP(=O)(O)OCC(COC(=O)CCCCCCC/C=C\CCCC)OC(=O)CCCCCCCCCCCCC. The van der Waals surface area contributed by atoms with Crippen LogP contribution in [-0.2, 0) is 55.8 Å². The van der Waals surface area contributed by atoms with Crippen LogP contribution in [0.15, 0.2) is 85.1 Å². The van der Waals surface area contributed by atoms with Gasteiger partial charge in [0.1, 0.15) is 25.4 Å². The first-order valence-corrected chi connectivity index (χ1v) is 37.9. The molecule has 0 saturated carbocycles. The summed E-state index contributed by atoms with van der Waals surface area (Å²) < 4.78 is 60.7. The lowest BCUT2D eigenvalue weighted by Crippen LogP contribution is -2.30. The molecular formula is C71H126O16P2. The second-order valence-corrected chi connectivity index (χ2v) is 26.2. The minimum absolute atomic E-state index is 0.108. The van der Waals surface area contributed by atoms with E-state index in [0.29, 0.717) is 19.3 Å². The number of hydrogen-bond donors (Lipinski definition) is 4. The normalized spacial score (nSPS) is 14.7. The van der Waals surface area contributed by atoms with E-state index in [9.17, 15) is 43.5 Å². The molecule has 0 rings (SSSR count). The Morgan fingerprint density at radius 2 is 0.607 bits per heavy atom. The molecule has 0 radical (unpaired) electrons. The molecule has 0 spiro atoms. The highest BCUT2D eigenvalue weighted by Crippen LogP contribution is 2.45. The molecule has 0 heterocycles. The molecule has 89 heavy (non-hydrogen) atoms. The lowest BCUT2D eigenvalue weighted by molar-refractivity contribution is -0.161. The summed E-state index contributed by atoms with van der Waals surface area (Å²) in [5.41, 5.74) is 0. The third kappa shape index (κ3) is 66.0. The van der Waals surface area contributed by atoms with E-state index in [-0.39, 0.29) is 19.3 Å². The van der Waals surface area contributed by atoms with Gasteiger partial charge in [-0.25, -0.2) is 9.13 Å². The summed E-state index contributed by atoms with van der Waals surface area (Å²) in [6, 6.07) is 0. The first kappa shape index (κ1) is 85.7. The highest BCUT2D eigenvalue weighted by atomic mass is 31.2. The summed E-state index contributed by atoms with van der Waals surface area (Å²) in [5.74, 6) is -1.58. The van der Waals surface area contributed by atoms with Crippen LogP contribution < -0.4 is 0 Å². The quantitative estimate of drug-likeness (QED) is 0.0146. The van der Waals surface area contributed by atoms with Crippen LogP contribution in [0.4, 0.5) is 0 Å². The number of phosphoric ester groups is 2. The Bertz CT molecular complexity index is 1970. The number of esters is 3. The van der Waals surface area contributed by atoms with Crippen molar-refractivity contribution in [2.45, 2.75) is 309 Å². The maximum Gasteiger partial charge on any atom is 0.472 e. The van der Waals surface area contributed by atoms with Gasteiger partial charge in [0.25, 0.3) is 0 Å². The van der Waals surface area contributed by atoms with Gasteiger partial charge in [0, 0.05) is 19.3 Å². The van der Waals surface area contributed by atoms with Gasteiger partial charge in [-0.15, -0.1) is 0 Å². The van der Waals surface area contributed by atoms with Crippen LogP contribution >= 0.6 is 15.6 Å². The summed E-state index contributed by atoms with van der Waals surface area (Å²) in [6.45, 7) is 2.50. The number of aliphatic hydroxyl groups is 2. The molecule has 16 nitrogen and oxygen atoms in total. The van der Waals surface area contributed by atoms with Crippen molar-refractivity contribution in [3.8, 4) is 0 Å². The van der Waals surface area contributed by atoms with Crippen molar-refractivity contribution in [2.75, 3.05) is 39.6 Å². The number of hydrogen-bond acceptors (Lipinski definition) is 14. The zero-order chi connectivity index (χ0) is 65.3. The van der Waals surface area contributed by atoms with Crippen LogP contribution in [0.5, 0.6) is 0 Å². The topological polar surface area (TPSA) is 231 Å². The van der Waals surface area contributed by atoms with E-state index in [1.54, 1.807) is 0 Å².